The van der Waals surface area contributed by atoms with Gasteiger partial charge in [0.25, 0.3) is 5.91 Å². The summed E-state index contributed by atoms with van der Waals surface area (Å²) in [5, 5.41) is 7.60. The van der Waals surface area contributed by atoms with Crippen LogP contribution in [-0.4, -0.2) is 40.6 Å². The van der Waals surface area contributed by atoms with E-state index in [4.69, 9.17) is 4.74 Å². The molecule has 0 aromatic carbocycles. The zero-order chi connectivity index (χ0) is 13.8. The maximum atomic E-state index is 12.2. The lowest BCUT2D eigenvalue weighted by atomic mass is 9.91. The molecule has 0 fully saturated rings. The van der Waals surface area contributed by atoms with Crippen molar-refractivity contribution >= 4 is 33.4 Å². The zero-order valence-electron chi connectivity index (χ0n) is 11.0. The van der Waals surface area contributed by atoms with Crippen LogP contribution in [0.25, 0.3) is 0 Å². The van der Waals surface area contributed by atoms with Crippen molar-refractivity contribution in [1.29, 1.82) is 0 Å². The second-order valence-corrected chi connectivity index (χ2v) is 6.38. The average molecular weight is 336 g/mol. The Morgan fingerprint density at radius 3 is 2.72 bits per heavy atom. The summed E-state index contributed by atoms with van der Waals surface area (Å²) in [6.45, 7) is 6.50. The molecule has 0 radical (unpaired) electrons. The summed E-state index contributed by atoms with van der Waals surface area (Å²) in [7, 11) is 1.61. The fourth-order valence-corrected chi connectivity index (χ4v) is 2.54. The number of carbonyl (C=O) groups is 1. The molecular formula is C11H18BrN3O2S. The number of hydrogen-bond acceptors (Lipinski definition) is 5. The first-order chi connectivity index (χ1) is 8.40. The Morgan fingerprint density at radius 1 is 1.56 bits per heavy atom. The maximum Gasteiger partial charge on any atom is 0.265 e. The standard InChI is InChI=1S/C11H18BrN3O2S/c1-11(2,3)9-8(18-15-14-9)10(16)13-7(5-12)6-17-4/h7H,5-6H2,1-4H3,(H,13,16). The predicted molar refractivity (Wildman–Crippen MR) is 75.5 cm³/mol. The lowest BCUT2D eigenvalue weighted by Gasteiger charge is -2.18. The Kier molecular flexibility index (Phi) is 5.68. The molecule has 1 amide bonds. The minimum Gasteiger partial charge on any atom is -0.383 e. The van der Waals surface area contributed by atoms with Crippen molar-refractivity contribution in [3.05, 3.63) is 10.6 Å². The van der Waals surface area contributed by atoms with Gasteiger partial charge in [-0.15, -0.1) is 5.10 Å². The van der Waals surface area contributed by atoms with Crippen LogP contribution in [0.15, 0.2) is 0 Å². The Balaban J connectivity index is 2.82. The number of amides is 1. The van der Waals surface area contributed by atoms with Crippen LogP contribution in [0.5, 0.6) is 0 Å². The molecule has 1 rings (SSSR count). The van der Waals surface area contributed by atoms with E-state index < -0.39 is 0 Å². The summed E-state index contributed by atoms with van der Waals surface area (Å²) in [6, 6.07) is -0.0579. The third-order valence-electron chi connectivity index (χ3n) is 2.29. The SMILES string of the molecule is COCC(CBr)NC(=O)c1snnc1C(C)(C)C. The van der Waals surface area contributed by atoms with Crippen molar-refractivity contribution in [3.63, 3.8) is 0 Å². The van der Waals surface area contributed by atoms with Crippen LogP contribution in [0, 0.1) is 0 Å². The fraction of sp³-hybridized carbons (Fsp3) is 0.727. The van der Waals surface area contributed by atoms with E-state index in [2.05, 4.69) is 30.8 Å². The monoisotopic (exact) mass is 335 g/mol. The van der Waals surface area contributed by atoms with E-state index in [9.17, 15) is 4.79 Å². The van der Waals surface area contributed by atoms with Gasteiger partial charge in [0.15, 0.2) is 0 Å². The molecule has 0 bridgehead atoms. The molecule has 0 aliphatic carbocycles. The number of nitrogens with one attached hydrogen (secondary N) is 1. The molecular weight excluding hydrogens is 318 g/mol. The number of nitrogens with zero attached hydrogens (tertiary/aromatic N) is 2. The molecule has 1 aromatic heterocycles. The molecule has 1 unspecified atom stereocenters. The van der Waals surface area contributed by atoms with Crippen LogP contribution in [0.4, 0.5) is 0 Å². The van der Waals surface area contributed by atoms with Crippen LogP contribution in [-0.2, 0) is 10.2 Å². The van der Waals surface area contributed by atoms with E-state index in [1.807, 2.05) is 20.8 Å². The molecule has 0 aliphatic rings. The van der Waals surface area contributed by atoms with Gasteiger partial charge in [0, 0.05) is 17.9 Å². The molecule has 0 saturated carbocycles. The Bertz CT molecular complexity index is 403. The second kappa shape index (κ2) is 6.58. The fourth-order valence-electron chi connectivity index (χ4n) is 1.41. The van der Waals surface area contributed by atoms with E-state index in [-0.39, 0.29) is 17.4 Å². The maximum absolute atomic E-state index is 12.2. The van der Waals surface area contributed by atoms with Crippen molar-refractivity contribution in [2.45, 2.75) is 32.2 Å². The van der Waals surface area contributed by atoms with Gasteiger partial charge in [0.2, 0.25) is 0 Å². The lowest BCUT2D eigenvalue weighted by molar-refractivity contribution is 0.0909. The van der Waals surface area contributed by atoms with E-state index >= 15 is 0 Å². The van der Waals surface area contributed by atoms with E-state index in [1.165, 1.54) is 0 Å². The molecule has 18 heavy (non-hydrogen) atoms. The summed E-state index contributed by atoms with van der Waals surface area (Å²) in [5.74, 6) is -0.142. The summed E-state index contributed by atoms with van der Waals surface area (Å²) in [6.07, 6.45) is 0. The highest BCUT2D eigenvalue weighted by atomic mass is 79.9. The van der Waals surface area contributed by atoms with Gasteiger partial charge in [0.1, 0.15) is 4.88 Å². The first-order valence-corrected chi connectivity index (χ1v) is 7.48. The number of rotatable bonds is 5. The Morgan fingerprint density at radius 2 is 2.22 bits per heavy atom. The molecule has 1 N–H and O–H groups in total. The molecule has 0 spiro atoms. The second-order valence-electron chi connectivity index (χ2n) is 4.98. The molecule has 1 aromatic rings. The largest absolute Gasteiger partial charge is 0.383 e. The smallest absolute Gasteiger partial charge is 0.265 e. The highest BCUT2D eigenvalue weighted by Gasteiger charge is 2.27. The Hall–Kier alpha value is -0.530. The first-order valence-electron chi connectivity index (χ1n) is 5.58. The van der Waals surface area contributed by atoms with Crippen molar-refractivity contribution < 1.29 is 9.53 Å². The van der Waals surface area contributed by atoms with Crippen LogP contribution in [0.3, 0.4) is 0 Å². The van der Waals surface area contributed by atoms with Gasteiger partial charge >= 0.3 is 0 Å². The minimum absolute atomic E-state index is 0.0579. The molecule has 102 valence electrons. The predicted octanol–water partition coefficient (Wildman–Crippen LogP) is 1.98. The number of methoxy groups -OCH3 is 1. The van der Waals surface area contributed by atoms with Crippen LogP contribution in [0.2, 0.25) is 0 Å². The van der Waals surface area contributed by atoms with Gasteiger partial charge in [-0.1, -0.05) is 41.2 Å². The van der Waals surface area contributed by atoms with Gasteiger partial charge < -0.3 is 10.1 Å². The van der Waals surface area contributed by atoms with Gasteiger partial charge in [-0.2, -0.15) is 0 Å². The highest BCUT2D eigenvalue weighted by molar-refractivity contribution is 9.09. The third kappa shape index (κ3) is 4.00. The molecule has 0 saturated heterocycles. The van der Waals surface area contributed by atoms with Gasteiger partial charge in [-0.3, -0.25) is 4.79 Å². The molecule has 0 aliphatic heterocycles. The Labute approximate surface area is 120 Å². The highest BCUT2D eigenvalue weighted by Crippen LogP contribution is 2.25. The summed E-state index contributed by atoms with van der Waals surface area (Å²) < 4.78 is 8.91. The average Bonchev–Trinajstić information content (AvgIpc) is 2.76. The number of alkyl halides is 1. The van der Waals surface area contributed by atoms with Crippen LogP contribution in [0.1, 0.15) is 36.1 Å². The van der Waals surface area contributed by atoms with Crippen molar-refractivity contribution in [3.8, 4) is 0 Å². The van der Waals surface area contributed by atoms with Crippen molar-refractivity contribution in [1.82, 2.24) is 14.9 Å². The molecule has 5 nitrogen and oxygen atoms in total. The molecule has 1 atom stereocenters. The lowest BCUT2D eigenvalue weighted by Crippen LogP contribution is -2.39. The third-order valence-corrected chi connectivity index (χ3v) is 3.80. The molecule has 1 heterocycles. The number of hydrogen-bond donors (Lipinski definition) is 1. The molecule has 7 heteroatoms. The van der Waals surface area contributed by atoms with Gasteiger partial charge in [0.05, 0.1) is 18.3 Å². The van der Waals surface area contributed by atoms with Crippen LogP contribution >= 0.6 is 27.5 Å². The first kappa shape index (κ1) is 15.5. The van der Waals surface area contributed by atoms with E-state index in [0.29, 0.717) is 16.8 Å². The number of ether oxygens (including phenoxy) is 1. The number of carbonyl (C=O) groups excluding carboxylic acids is 1. The number of halogens is 1. The van der Waals surface area contributed by atoms with Crippen LogP contribution < -0.4 is 5.32 Å². The topological polar surface area (TPSA) is 64.1 Å². The summed E-state index contributed by atoms with van der Waals surface area (Å²) >= 11 is 4.47. The van der Waals surface area contributed by atoms with Crippen molar-refractivity contribution in [2.24, 2.45) is 0 Å². The van der Waals surface area contributed by atoms with Gasteiger partial charge in [-0.25, -0.2) is 0 Å². The van der Waals surface area contributed by atoms with E-state index in [0.717, 1.165) is 17.2 Å². The minimum atomic E-state index is -0.190. The number of aromatic nitrogens is 2. The summed E-state index contributed by atoms with van der Waals surface area (Å²) in [4.78, 5) is 12.7. The summed E-state index contributed by atoms with van der Waals surface area (Å²) in [5.41, 5.74) is 0.543. The normalized spacial score (nSPS) is 13.4. The van der Waals surface area contributed by atoms with E-state index in [1.54, 1.807) is 7.11 Å². The quantitative estimate of drug-likeness (QED) is 0.835. The zero-order valence-corrected chi connectivity index (χ0v) is 13.4. The van der Waals surface area contributed by atoms with Crippen molar-refractivity contribution in [2.75, 3.05) is 19.0 Å². The van der Waals surface area contributed by atoms with Gasteiger partial charge in [-0.05, 0) is 11.5 Å².